The molecule has 146 valence electrons. The molecule has 0 aromatic heterocycles. The number of methoxy groups -OCH3 is 2. The molecule has 3 rings (SSSR count). The molecule has 1 fully saturated rings. The Kier molecular flexibility index (Phi) is 5.98. The molecule has 0 radical (unpaired) electrons. The average molecular weight is 376 g/mol. The molecule has 1 aromatic carbocycles. The lowest BCUT2D eigenvalue weighted by molar-refractivity contribution is -1.00. The van der Waals surface area contributed by atoms with Gasteiger partial charge in [-0.05, 0) is 6.07 Å². The monoisotopic (exact) mass is 376 g/mol. The van der Waals surface area contributed by atoms with Gasteiger partial charge in [0.15, 0.2) is 0 Å². The van der Waals surface area contributed by atoms with Crippen molar-refractivity contribution in [2.75, 3.05) is 54.0 Å². The molecule has 8 heteroatoms. The number of hydrogen-bond donors (Lipinski definition) is 4. The highest BCUT2D eigenvalue weighted by molar-refractivity contribution is 5.95. The molecule has 2 aliphatic heterocycles. The fraction of sp³-hybridized carbons (Fsp3) is 0.474. The van der Waals surface area contributed by atoms with Gasteiger partial charge < -0.3 is 29.9 Å². The number of rotatable bonds is 5. The van der Waals surface area contributed by atoms with Crippen LogP contribution in [0.2, 0.25) is 0 Å². The second kappa shape index (κ2) is 8.41. The Bertz CT molecular complexity index is 741. The average Bonchev–Trinajstić information content (AvgIpc) is 2.68. The van der Waals surface area contributed by atoms with Crippen LogP contribution in [-0.2, 0) is 9.53 Å². The highest BCUT2D eigenvalue weighted by atomic mass is 16.5. The van der Waals surface area contributed by atoms with E-state index in [0.717, 1.165) is 31.7 Å². The molecule has 8 nitrogen and oxygen atoms in total. The van der Waals surface area contributed by atoms with Gasteiger partial charge in [-0.2, -0.15) is 0 Å². The Morgan fingerprint density at radius 2 is 1.89 bits per heavy atom. The summed E-state index contributed by atoms with van der Waals surface area (Å²) in [5.41, 5.74) is 1.78. The van der Waals surface area contributed by atoms with Crippen molar-refractivity contribution in [1.82, 2.24) is 10.6 Å². The molecule has 0 aliphatic carbocycles. The first-order chi connectivity index (χ1) is 13.0. The summed E-state index contributed by atoms with van der Waals surface area (Å²) < 4.78 is 10.5. The van der Waals surface area contributed by atoms with Crippen molar-refractivity contribution in [1.29, 1.82) is 0 Å². The number of amides is 2. The van der Waals surface area contributed by atoms with Gasteiger partial charge in [-0.25, -0.2) is 9.59 Å². The van der Waals surface area contributed by atoms with Gasteiger partial charge in [0.2, 0.25) is 0 Å². The van der Waals surface area contributed by atoms with Crippen LogP contribution in [0.3, 0.4) is 0 Å². The Balaban J connectivity index is 1.98. The Morgan fingerprint density at radius 3 is 2.56 bits per heavy atom. The highest BCUT2D eigenvalue weighted by Crippen LogP contribution is 2.33. The quantitative estimate of drug-likeness (QED) is 0.443. The summed E-state index contributed by atoms with van der Waals surface area (Å²) in [6.07, 6.45) is 0. The number of esters is 1. The molecule has 2 amide bonds. The lowest BCUT2D eigenvalue weighted by atomic mass is 9.94. The minimum Gasteiger partial charge on any atom is -0.496 e. The number of hydrogen-bond acceptors (Lipinski definition) is 4. The van der Waals surface area contributed by atoms with E-state index in [-0.39, 0.29) is 6.03 Å². The van der Waals surface area contributed by atoms with Gasteiger partial charge in [0.05, 0.1) is 38.6 Å². The van der Waals surface area contributed by atoms with E-state index in [4.69, 9.17) is 9.47 Å². The van der Waals surface area contributed by atoms with Crippen LogP contribution >= 0.6 is 0 Å². The zero-order valence-electron chi connectivity index (χ0n) is 16.1. The first kappa shape index (κ1) is 19.2. The van der Waals surface area contributed by atoms with Gasteiger partial charge >= 0.3 is 12.0 Å². The van der Waals surface area contributed by atoms with Gasteiger partial charge in [0, 0.05) is 5.56 Å². The summed E-state index contributed by atoms with van der Waals surface area (Å²) in [5.74, 6) is 0.161. The molecular formula is C19H28N4O4+2. The Labute approximate surface area is 159 Å². The van der Waals surface area contributed by atoms with E-state index < -0.39 is 12.0 Å². The number of carbonyl (C=O) groups is 2. The maximum Gasteiger partial charge on any atom is 0.338 e. The maximum atomic E-state index is 12.6. The molecule has 1 saturated heterocycles. The van der Waals surface area contributed by atoms with Gasteiger partial charge in [0.1, 0.15) is 38.5 Å². The van der Waals surface area contributed by atoms with E-state index >= 15 is 0 Å². The van der Waals surface area contributed by atoms with Gasteiger partial charge in [-0.15, -0.1) is 0 Å². The van der Waals surface area contributed by atoms with Crippen LogP contribution in [0, 0.1) is 0 Å². The largest absolute Gasteiger partial charge is 0.496 e. The minimum absolute atomic E-state index is 0.326. The molecule has 1 aromatic rings. The SMILES string of the molecule is COC(=O)C1=C(C[NH+]2CC[NH+](C)CC2)NC(=O)N[C@@H]1c1ccccc1OC. The van der Waals surface area contributed by atoms with Crippen molar-refractivity contribution < 1.29 is 28.9 Å². The normalized spacial score (nSPS) is 25.4. The lowest BCUT2D eigenvalue weighted by Crippen LogP contribution is -3.27. The molecule has 0 spiro atoms. The maximum absolute atomic E-state index is 12.6. The summed E-state index contributed by atoms with van der Waals surface area (Å²) in [6.45, 7) is 4.70. The fourth-order valence-electron chi connectivity index (χ4n) is 3.70. The van der Waals surface area contributed by atoms with Crippen LogP contribution in [0.15, 0.2) is 35.5 Å². The number of quaternary nitrogens is 2. The molecule has 1 atom stereocenters. The number of benzene rings is 1. The van der Waals surface area contributed by atoms with Gasteiger partial charge in [-0.3, -0.25) is 0 Å². The van der Waals surface area contributed by atoms with E-state index in [1.807, 2.05) is 24.3 Å². The van der Waals surface area contributed by atoms with Crippen LogP contribution in [0.4, 0.5) is 4.79 Å². The molecular weight excluding hydrogens is 348 g/mol. The molecule has 4 N–H and O–H groups in total. The van der Waals surface area contributed by atoms with Crippen molar-refractivity contribution in [3.05, 3.63) is 41.1 Å². The zero-order chi connectivity index (χ0) is 19.4. The Morgan fingerprint density at radius 1 is 1.19 bits per heavy atom. The number of urea groups is 1. The number of likely N-dealkylation sites (N-methyl/N-ethyl adjacent to an activating group) is 1. The smallest absolute Gasteiger partial charge is 0.338 e. The van der Waals surface area contributed by atoms with E-state index in [9.17, 15) is 9.59 Å². The minimum atomic E-state index is -0.616. The molecule has 2 heterocycles. The van der Waals surface area contributed by atoms with Gasteiger partial charge in [-0.1, -0.05) is 18.2 Å². The number of para-hydroxylation sites is 1. The predicted molar refractivity (Wildman–Crippen MR) is 98.6 cm³/mol. The number of piperazine rings is 1. The molecule has 0 saturated carbocycles. The van der Waals surface area contributed by atoms with Crippen LogP contribution < -0.4 is 25.2 Å². The Hall–Kier alpha value is -2.58. The molecule has 0 unspecified atom stereocenters. The molecule has 2 aliphatic rings. The van der Waals surface area contributed by atoms with Crippen LogP contribution in [-0.4, -0.2) is 66.0 Å². The number of ether oxygens (including phenoxy) is 2. The third-order valence-electron chi connectivity index (χ3n) is 5.25. The summed E-state index contributed by atoms with van der Waals surface area (Å²) in [5, 5.41) is 5.68. The third-order valence-corrected chi connectivity index (χ3v) is 5.25. The number of nitrogens with one attached hydrogen (secondary N) is 4. The van der Waals surface area contributed by atoms with Crippen molar-refractivity contribution in [2.45, 2.75) is 6.04 Å². The summed E-state index contributed by atoms with van der Waals surface area (Å²) in [7, 11) is 5.11. The van der Waals surface area contributed by atoms with Crippen molar-refractivity contribution in [3.63, 3.8) is 0 Å². The highest BCUT2D eigenvalue weighted by Gasteiger charge is 2.36. The second-order valence-corrected chi connectivity index (χ2v) is 7.04. The van der Waals surface area contributed by atoms with E-state index in [0.29, 0.717) is 23.6 Å². The molecule has 27 heavy (non-hydrogen) atoms. The van der Waals surface area contributed by atoms with Crippen molar-refractivity contribution in [3.8, 4) is 5.75 Å². The topological polar surface area (TPSA) is 85.5 Å². The fourth-order valence-corrected chi connectivity index (χ4v) is 3.70. The predicted octanol–water partition coefficient (Wildman–Crippen LogP) is -2.11. The number of carbonyl (C=O) groups excluding carboxylic acids is 2. The van der Waals surface area contributed by atoms with E-state index in [2.05, 4.69) is 17.7 Å². The van der Waals surface area contributed by atoms with Crippen LogP contribution in [0.25, 0.3) is 0 Å². The van der Waals surface area contributed by atoms with Crippen LogP contribution in [0.5, 0.6) is 5.75 Å². The summed E-state index contributed by atoms with van der Waals surface area (Å²) in [6, 6.07) is 6.43. The standard InChI is InChI=1S/C19H26N4O4/c1-22-8-10-23(11-9-22)12-14-16(18(24)27-3)17(21-19(25)20-14)13-6-4-5-7-15(13)26-2/h4-7,17H,8-12H2,1-3H3,(H2,20,21,25)/p+2/t17-/m1/s1. The summed E-state index contributed by atoms with van der Waals surface area (Å²) in [4.78, 5) is 27.8. The van der Waals surface area contributed by atoms with Crippen LogP contribution in [0.1, 0.15) is 11.6 Å². The first-order valence-corrected chi connectivity index (χ1v) is 9.20. The second-order valence-electron chi connectivity index (χ2n) is 7.04. The molecule has 0 bridgehead atoms. The van der Waals surface area contributed by atoms with Crippen molar-refractivity contribution >= 4 is 12.0 Å². The first-order valence-electron chi connectivity index (χ1n) is 9.20. The van der Waals surface area contributed by atoms with Crippen molar-refractivity contribution in [2.24, 2.45) is 0 Å². The summed E-state index contributed by atoms with van der Waals surface area (Å²) >= 11 is 0. The zero-order valence-corrected chi connectivity index (χ0v) is 16.1. The van der Waals surface area contributed by atoms with E-state index in [1.54, 1.807) is 7.11 Å². The van der Waals surface area contributed by atoms with E-state index in [1.165, 1.54) is 16.9 Å². The van der Waals surface area contributed by atoms with Gasteiger partial charge in [0.25, 0.3) is 0 Å². The lowest BCUT2D eigenvalue weighted by Gasteiger charge is -2.32. The third kappa shape index (κ3) is 4.23.